The predicted molar refractivity (Wildman–Crippen MR) is 84.3 cm³/mol. The zero-order chi connectivity index (χ0) is 15.1. The zero-order valence-corrected chi connectivity index (χ0v) is 12.5. The molecule has 0 nitrogen and oxygen atoms in total. The van der Waals surface area contributed by atoms with E-state index in [4.69, 9.17) is 0 Å². The minimum atomic E-state index is -0.729. The topological polar surface area (TPSA) is 0 Å². The molecule has 0 aromatic heterocycles. The fourth-order valence-corrected chi connectivity index (χ4v) is 2.54. The lowest BCUT2D eigenvalue weighted by atomic mass is 9.99. The molecule has 0 bridgehead atoms. The summed E-state index contributed by atoms with van der Waals surface area (Å²) in [4.78, 5) is 0. The van der Waals surface area contributed by atoms with Gasteiger partial charge in [0.1, 0.15) is 0 Å². The van der Waals surface area contributed by atoms with Gasteiger partial charge < -0.3 is 0 Å². The van der Waals surface area contributed by atoms with E-state index in [-0.39, 0.29) is 0 Å². The second-order valence-electron chi connectivity index (χ2n) is 5.43. The maximum atomic E-state index is 14.2. The summed E-state index contributed by atoms with van der Waals surface area (Å²) < 4.78 is 28.4. The molecule has 0 N–H and O–H groups in total. The standard InChI is InChI=1S/C19H22F2/c1-2-3-4-5-7-12-16-13-14-17(19(21)18(16)20)15-10-8-6-9-11-15/h6,8-11,13-14H,2-5,7,12H2,1H3. The van der Waals surface area contributed by atoms with Crippen molar-refractivity contribution in [3.63, 3.8) is 0 Å². The number of benzene rings is 2. The van der Waals surface area contributed by atoms with Crippen LogP contribution in [0.2, 0.25) is 0 Å². The Morgan fingerprint density at radius 1 is 0.762 bits per heavy atom. The molecule has 0 amide bonds. The van der Waals surface area contributed by atoms with Crippen molar-refractivity contribution in [1.82, 2.24) is 0 Å². The molecule has 0 atom stereocenters. The normalized spacial score (nSPS) is 10.8. The maximum absolute atomic E-state index is 14.2. The Hall–Kier alpha value is -1.70. The Labute approximate surface area is 125 Å². The second kappa shape index (κ2) is 7.92. The molecular weight excluding hydrogens is 266 g/mol. The van der Waals surface area contributed by atoms with E-state index in [1.165, 1.54) is 19.3 Å². The van der Waals surface area contributed by atoms with Crippen molar-refractivity contribution in [1.29, 1.82) is 0 Å². The average molecular weight is 288 g/mol. The summed E-state index contributed by atoms with van der Waals surface area (Å²) in [7, 11) is 0. The Bertz CT molecular complexity index is 561. The van der Waals surface area contributed by atoms with Crippen molar-refractivity contribution >= 4 is 0 Å². The van der Waals surface area contributed by atoms with Gasteiger partial charge in [-0.3, -0.25) is 0 Å². The minimum Gasteiger partial charge on any atom is -0.203 e. The fourth-order valence-electron chi connectivity index (χ4n) is 2.54. The van der Waals surface area contributed by atoms with Crippen molar-refractivity contribution in [3.8, 4) is 11.1 Å². The maximum Gasteiger partial charge on any atom is 0.166 e. The van der Waals surface area contributed by atoms with E-state index >= 15 is 0 Å². The van der Waals surface area contributed by atoms with Gasteiger partial charge in [0.15, 0.2) is 11.6 Å². The first-order valence-electron chi connectivity index (χ1n) is 7.76. The summed E-state index contributed by atoms with van der Waals surface area (Å²) in [5.41, 5.74) is 1.54. The summed E-state index contributed by atoms with van der Waals surface area (Å²) >= 11 is 0. The van der Waals surface area contributed by atoms with E-state index in [1.807, 2.05) is 18.2 Å². The third kappa shape index (κ3) is 4.13. The largest absolute Gasteiger partial charge is 0.203 e. The van der Waals surface area contributed by atoms with Crippen molar-refractivity contribution in [2.24, 2.45) is 0 Å². The van der Waals surface area contributed by atoms with Crippen molar-refractivity contribution in [2.45, 2.75) is 45.4 Å². The van der Waals surface area contributed by atoms with Gasteiger partial charge in [-0.1, -0.05) is 75.1 Å². The molecule has 0 unspecified atom stereocenters. The van der Waals surface area contributed by atoms with E-state index in [0.717, 1.165) is 12.8 Å². The predicted octanol–water partition coefficient (Wildman–Crippen LogP) is 6.14. The summed E-state index contributed by atoms with van der Waals surface area (Å²) in [6, 6.07) is 12.5. The smallest absolute Gasteiger partial charge is 0.166 e. The lowest BCUT2D eigenvalue weighted by Gasteiger charge is -2.09. The molecule has 0 fully saturated rings. The first-order chi connectivity index (χ1) is 10.2. The Morgan fingerprint density at radius 2 is 1.48 bits per heavy atom. The highest BCUT2D eigenvalue weighted by Crippen LogP contribution is 2.27. The van der Waals surface area contributed by atoms with Crippen LogP contribution in [0.1, 0.15) is 44.6 Å². The summed E-state index contributed by atoms with van der Waals surface area (Å²) in [6.45, 7) is 2.16. The first kappa shape index (κ1) is 15.7. The molecule has 0 radical (unpaired) electrons. The number of halogens is 2. The van der Waals surface area contributed by atoms with Crippen LogP contribution < -0.4 is 0 Å². The van der Waals surface area contributed by atoms with Crippen LogP contribution in [0.25, 0.3) is 11.1 Å². The van der Waals surface area contributed by atoms with Crippen molar-refractivity contribution < 1.29 is 8.78 Å². The van der Waals surface area contributed by atoms with E-state index in [1.54, 1.807) is 24.3 Å². The van der Waals surface area contributed by atoms with Gasteiger partial charge in [0.2, 0.25) is 0 Å². The molecule has 21 heavy (non-hydrogen) atoms. The van der Waals surface area contributed by atoms with E-state index in [0.29, 0.717) is 23.1 Å². The molecule has 112 valence electrons. The highest BCUT2D eigenvalue weighted by molar-refractivity contribution is 5.64. The summed E-state index contributed by atoms with van der Waals surface area (Å²) in [6.07, 6.45) is 6.18. The number of hydrogen-bond donors (Lipinski definition) is 0. The van der Waals surface area contributed by atoms with Crippen LogP contribution >= 0.6 is 0 Å². The Balaban J connectivity index is 2.07. The number of rotatable bonds is 7. The lowest BCUT2D eigenvalue weighted by molar-refractivity contribution is 0.497. The molecule has 0 aliphatic heterocycles. The highest BCUT2D eigenvalue weighted by atomic mass is 19.2. The van der Waals surface area contributed by atoms with Gasteiger partial charge in [-0.05, 0) is 24.0 Å². The quantitative estimate of drug-likeness (QED) is 0.536. The van der Waals surface area contributed by atoms with Gasteiger partial charge in [0.25, 0.3) is 0 Å². The van der Waals surface area contributed by atoms with Crippen molar-refractivity contribution in [2.75, 3.05) is 0 Å². The Kier molecular flexibility index (Phi) is 5.91. The van der Waals surface area contributed by atoms with Gasteiger partial charge in [0, 0.05) is 5.56 Å². The van der Waals surface area contributed by atoms with Gasteiger partial charge >= 0.3 is 0 Å². The van der Waals surface area contributed by atoms with Crippen LogP contribution in [0.15, 0.2) is 42.5 Å². The monoisotopic (exact) mass is 288 g/mol. The molecule has 0 spiro atoms. The average Bonchev–Trinajstić information content (AvgIpc) is 2.52. The zero-order valence-electron chi connectivity index (χ0n) is 12.5. The van der Waals surface area contributed by atoms with Crippen LogP contribution in [0, 0.1) is 11.6 Å². The number of hydrogen-bond acceptors (Lipinski definition) is 0. The van der Waals surface area contributed by atoms with Gasteiger partial charge in [-0.25, -0.2) is 8.78 Å². The second-order valence-corrected chi connectivity index (χ2v) is 5.43. The molecule has 2 heteroatoms. The van der Waals surface area contributed by atoms with Crippen molar-refractivity contribution in [3.05, 3.63) is 59.7 Å². The third-order valence-corrected chi connectivity index (χ3v) is 3.80. The molecule has 2 aromatic carbocycles. The molecule has 0 aliphatic carbocycles. The molecule has 0 saturated heterocycles. The summed E-state index contributed by atoms with van der Waals surface area (Å²) in [5.74, 6) is -1.42. The highest BCUT2D eigenvalue weighted by Gasteiger charge is 2.14. The van der Waals surface area contributed by atoms with Crippen LogP contribution in [-0.4, -0.2) is 0 Å². The van der Waals surface area contributed by atoms with E-state index in [9.17, 15) is 8.78 Å². The molecule has 0 heterocycles. The molecule has 0 aliphatic rings. The van der Waals surface area contributed by atoms with Gasteiger partial charge in [0.05, 0.1) is 0 Å². The number of aryl methyl sites for hydroxylation is 1. The van der Waals surface area contributed by atoms with Crippen LogP contribution in [0.5, 0.6) is 0 Å². The third-order valence-electron chi connectivity index (χ3n) is 3.80. The molecule has 2 rings (SSSR count). The van der Waals surface area contributed by atoms with E-state index in [2.05, 4.69) is 6.92 Å². The molecule has 2 aromatic rings. The SMILES string of the molecule is CCCCCCCc1ccc(-c2ccccc2)c(F)c1F. The van der Waals surface area contributed by atoms with Gasteiger partial charge in [-0.15, -0.1) is 0 Å². The lowest BCUT2D eigenvalue weighted by Crippen LogP contribution is -1.97. The van der Waals surface area contributed by atoms with Crippen LogP contribution in [0.4, 0.5) is 8.78 Å². The minimum absolute atomic E-state index is 0.336. The Morgan fingerprint density at radius 3 is 2.19 bits per heavy atom. The van der Waals surface area contributed by atoms with Gasteiger partial charge in [-0.2, -0.15) is 0 Å². The fraction of sp³-hybridized carbons (Fsp3) is 0.368. The first-order valence-corrected chi connectivity index (χ1v) is 7.76. The molecule has 0 saturated carbocycles. The van der Waals surface area contributed by atoms with Crippen LogP contribution in [0.3, 0.4) is 0 Å². The molecular formula is C19H22F2. The summed E-state index contributed by atoms with van der Waals surface area (Å²) in [5, 5.41) is 0. The number of unbranched alkanes of at least 4 members (excludes halogenated alkanes) is 4. The van der Waals surface area contributed by atoms with Crippen LogP contribution in [-0.2, 0) is 6.42 Å². The van der Waals surface area contributed by atoms with E-state index < -0.39 is 11.6 Å².